The monoisotopic (exact) mass is 221 g/mol. The van der Waals surface area contributed by atoms with Gasteiger partial charge in [0.2, 0.25) is 0 Å². The van der Waals surface area contributed by atoms with Crippen LogP contribution in [-0.4, -0.2) is 18.7 Å². The molecule has 0 spiro atoms. The second kappa shape index (κ2) is 4.88. The summed E-state index contributed by atoms with van der Waals surface area (Å²) in [5.41, 5.74) is 3.66. The molecule has 0 unspecified atom stereocenters. The largest absolute Gasteiger partial charge is 0.392 e. The number of hydrogen-bond acceptors (Lipinski definition) is 2. The predicted molar refractivity (Wildman–Crippen MR) is 69.8 cm³/mol. The van der Waals surface area contributed by atoms with E-state index in [0.717, 1.165) is 17.7 Å². The zero-order valence-electron chi connectivity index (χ0n) is 11.0. The average molecular weight is 221 g/mol. The van der Waals surface area contributed by atoms with Crippen LogP contribution >= 0.6 is 0 Å². The van der Waals surface area contributed by atoms with Gasteiger partial charge in [-0.1, -0.05) is 26.8 Å². The maximum Gasteiger partial charge on any atom is 0.0684 e. The summed E-state index contributed by atoms with van der Waals surface area (Å²) in [4.78, 5) is 2.26. The topological polar surface area (TPSA) is 23.5 Å². The molecule has 1 rings (SSSR count). The lowest BCUT2D eigenvalue weighted by Crippen LogP contribution is -2.29. The highest BCUT2D eigenvalue weighted by Gasteiger charge is 2.14. The van der Waals surface area contributed by atoms with Crippen molar-refractivity contribution < 1.29 is 5.11 Å². The van der Waals surface area contributed by atoms with Gasteiger partial charge in [-0.2, -0.15) is 0 Å². The van der Waals surface area contributed by atoms with Crippen LogP contribution in [0, 0.1) is 12.3 Å². The highest BCUT2D eigenvalue weighted by atomic mass is 16.3. The van der Waals surface area contributed by atoms with Crippen LogP contribution in [-0.2, 0) is 6.61 Å². The molecule has 0 fully saturated rings. The Morgan fingerprint density at radius 1 is 1.25 bits per heavy atom. The quantitative estimate of drug-likeness (QED) is 0.848. The second-order valence-electron chi connectivity index (χ2n) is 5.69. The molecule has 2 heteroatoms. The Morgan fingerprint density at radius 2 is 1.88 bits per heavy atom. The first-order valence-electron chi connectivity index (χ1n) is 5.75. The minimum atomic E-state index is 0.120. The molecule has 1 aromatic rings. The van der Waals surface area contributed by atoms with Crippen molar-refractivity contribution in [1.82, 2.24) is 0 Å². The van der Waals surface area contributed by atoms with Gasteiger partial charge in [0.1, 0.15) is 0 Å². The molecule has 0 saturated carbocycles. The number of aryl methyl sites for hydroxylation is 1. The van der Waals surface area contributed by atoms with E-state index in [1.807, 2.05) is 13.0 Å². The van der Waals surface area contributed by atoms with Crippen molar-refractivity contribution in [2.45, 2.75) is 34.3 Å². The van der Waals surface area contributed by atoms with E-state index in [1.165, 1.54) is 5.69 Å². The Hall–Kier alpha value is -1.02. The molecule has 0 aliphatic carbocycles. The first-order valence-corrected chi connectivity index (χ1v) is 5.75. The Bertz CT molecular complexity index is 352. The fourth-order valence-electron chi connectivity index (χ4n) is 1.90. The first kappa shape index (κ1) is 13.0. The lowest BCUT2D eigenvalue weighted by atomic mass is 9.96. The summed E-state index contributed by atoms with van der Waals surface area (Å²) < 4.78 is 0. The Kier molecular flexibility index (Phi) is 3.98. The number of benzene rings is 1. The van der Waals surface area contributed by atoms with Crippen molar-refractivity contribution in [3.05, 3.63) is 29.3 Å². The number of nitrogens with zero attached hydrogens (tertiary/aromatic N) is 1. The predicted octanol–water partition coefficient (Wildman–Crippen LogP) is 2.97. The van der Waals surface area contributed by atoms with Gasteiger partial charge in [-0.15, -0.1) is 0 Å². The van der Waals surface area contributed by atoms with Crippen LogP contribution in [0.1, 0.15) is 31.9 Å². The number of aliphatic hydroxyl groups is 1. The van der Waals surface area contributed by atoms with Crippen molar-refractivity contribution >= 4 is 5.69 Å². The second-order valence-corrected chi connectivity index (χ2v) is 5.69. The van der Waals surface area contributed by atoms with Crippen molar-refractivity contribution in [3.8, 4) is 0 Å². The summed E-state index contributed by atoms with van der Waals surface area (Å²) in [5, 5.41) is 9.12. The maximum atomic E-state index is 9.12. The van der Waals surface area contributed by atoms with E-state index in [0.29, 0.717) is 0 Å². The molecule has 0 aliphatic heterocycles. The maximum absolute atomic E-state index is 9.12. The smallest absolute Gasteiger partial charge is 0.0684 e. The highest BCUT2D eigenvalue weighted by Crippen LogP contribution is 2.22. The Balaban J connectivity index is 2.85. The van der Waals surface area contributed by atoms with Crippen LogP contribution in [0.4, 0.5) is 5.69 Å². The third-order valence-corrected chi connectivity index (χ3v) is 2.65. The van der Waals surface area contributed by atoms with Crippen molar-refractivity contribution in [3.63, 3.8) is 0 Å². The van der Waals surface area contributed by atoms with Crippen molar-refractivity contribution in [1.29, 1.82) is 0 Å². The molecule has 0 bridgehead atoms. The molecule has 2 nitrogen and oxygen atoms in total. The summed E-state index contributed by atoms with van der Waals surface area (Å²) in [7, 11) is 2.11. The van der Waals surface area contributed by atoms with Gasteiger partial charge in [-0.25, -0.2) is 0 Å². The number of rotatable bonds is 3. The summed E-state index contributed by atoms with van der Waals surface area (Å²) in [6.07, 6.45) is 0. The minimum Gasteiger partial charge on any atom is -0.392 e. The van der Waals surface area contributed by atoms with Gasteiger partial charge in [-0.05, 0) is 35.6 Å². The van der Waals surface area contributed by atoms with E-state index in [-0.39, 0.29) is 12.0 Å². The van der Waals surface area contributed by atoms with Gasteiger partial charge in [-0.3, -0.25) is 0 Å². The molecular formula is C14H23NO. The molecule has 0 amide bonds. The van der Waals surface area contributed by atoms with E-state index in [9.17, 15) is 0 Å². The van der Waals surface area contributed by atoms with E-state index in [1.54, 1.807) is 0 Å². The third-order valence-electron chi connectivity index (χ3n) is 2.65. The van der Waals surface area contributed by atoms with Gasteiger partial charge in [0.15, 0.2) is 0 Å². The van der Waals surface area contributed by atoms with Crippen molar-refractivity contribution in [2.75, 3.05) is 18.5 Å². The lowest BCUT2D eigenvalue weighted by Gasteiger charge is -2.28. The first-order chi connectivity index (χ1) is 7.33. The highest BCUT2D eigenvalue weighted by molar-refractivity contribution is 5.50. The van der Waals surface area contributed by atoms with Gasteiger partial charge < -0.3 is 10.0 Å². The van der Waals surface area contributed by atoms with E-state index < -0.39 is 0 Å². The molecule has 0 saturated heterocycles. The Labute approximate surface area is 98.9 Å². The van der Waals surface area contributed by atoms with E-state index in [2.05, 4.69) is 44.9 Å². The van der Waals surface area contributed by atoms with Crippen LogP contribution in [0.3, 0.4) is 0 Å². The molecule has 0 aliphatic rings. The van der Waals surface area contributed by atoms with Gasteiger partial charge in [0.05, 0.1) is 6.61 Å². The number of hydrogen-bond donors (Lipinski definition) is 1. The molecule has 0 radical (unpaired) electrons. The molecule has 16 heavy (non-hydrogen) atoms. The molecule has 90 valence electrons. The molecule has 0 aromatic heterocycles. The fourth-order valence-corrected chi connectivity index (χ4v) is 1.90. The molecular weight excluding hydrogens is 198 g/mol. The summed E-state index contributed by atoms with van der Waals surface area (Å²) >= 11 is 0. The summed E-state index contributed by atoms with van der Waals surface area (Å²) in [6.45, 7) is 9.88. The molecule has 0 heterocycles. The molecule has 0 atom stereocenters. The third kappa shape index (κ3) is 3.53. The summed E-state index contributed by atoms with van der Waals surface area (Å²) in [6, 6.07) is 6.21. The van der Waals surface area contributed by atoms with Crippen molar-refractivity contribution in [2.24, 2.45) is 5.41 Å². The molecule has 1 N–H and O–H groups in total. The summed E-state index contributed by atoms with van der Waals surface area (Å²) in [5.74, 6) is 0. The SMILES string of the molecule is Cc1cc(N(C)CC(C)(C)C)ccc1CO. The van der Waals surface area contributed by atoms with Gasteiger partial charge in [0.25, 0.3) is 0 Å². The Morgan fingerprint density at radius 3 is 2.31 bits per heavy atom. The number of aliphatic hydroxyl groups excluding tert-OH is 1. The lowest BCUT2D eigenvalue weighted by molar-refractivity contribution is 0.281. The van der Waals surface area contributed by atoms with Crippen LogP contribution in [0.2, 0.25) is 0 Å². The fraction of sp³-hybridized carbons (Fsp3) is 0.571. The van der Waals surface area contributed by atoms with Gasteiger partial charge >= 0.3 is 0 Å². The standard InChI is InChI=1S/C14H23NO/c1-11-8-13(7-6-12(11)9-16)15(5)10-14(2,3)4/h6-8,16H,9-10H2,1-5H3. The number of anilines is 1. The molecule has 1 aromatic carbocycles. The normalized spacial score (nSPS) is 11.6. The van der Waals surface area contributed by atoms with Gasteiger partial charge in [0, 0.05) is 19.3 Å². The van der Waals surface area contributed by atoms with Crippen LogP contribution < -0.4 is 4.90 Å². The zero-order valence-corrected chi connectivity index (χ0v) is 11.0. The van der Waals surface area contributed by atoms with E-state index >= 15 is 0 Å². The van der Waals surface area contributed by atoms with Crippen LogP contribution in [0.15, 0.2) is 18.2 Å². The van der Waals surface area contributed by atoms with Crippen LogP contribution in [0.5, 0.6) is 0 Å². The van der Waals surface area contributed by atoms with E-state index in [4.69, 9.17) is 5.11 Å². The average Bonchev–Trinajstić information content (AvgIpc) is 2.15. The minimum absolute atomic E-state index is 0.120. The zero-order chi connectivity index (χ0) is 12.3. The van der Waals surface area contributed by atoms with Crippen LogP contribution in [0.25, 0.3) is 0 Å².